The van der Waals surface area contributed by atoms with Gasteiger partial charge in [-0.1, -0.05) is 6.92 Å². The lowest BCUT2D eigenvalue weighted by Crippen LogP contribution is -1.99. The van der Waals surface area contributed by atoms with Crippen LogP contribution < -0.4 is 0 Å². The molecule has 0 aliphatic carbocycles. The van der Waals surface area contributed by atoms with E-state index in [0.717, 1.165) is 0 Å². The molecule has 46 valence electrons. The van der Waals surface area contributed by atoms with Gasteiger partial charge in [-0.2, -0.15) is 3.98 Å². The summed E-state index contributed by atoms with van der Waals surface area (Å²) < 4.78 is 2.33. The largest absolute Gasteiger partial charge is 0.170 e. The van der Waals surface area contributed by atoms with Crippen LogP contribution >= 0.6 is 11.9 Å². The summed E-state index contributed by atoms with van der Waals surface area (Å²) in [6.45, 7) is 3.44. The quantitative estimate of drug-likeness (QED) is 0.404. The molecule has 1 heterocycles. The minimum Gasteiger partial charge on any atom is -0.170 e. The lowest BCUT2D eigenvalue weighted by atomic mass is 10.5. The van der Waals surface area contributed by atoms with Gasteiger partial charge in [0.2, 0.25) is 0 Å². The van der Waals surface area contributed by atoms with Gasteiger partial charge >= 0.3 is 0 Å². The van der Waals surface area contributed by atoms with Crippen LogP contribution in [0, 0.1) is 0 Å². The molecule has 0 fully saturated rings. The van der Waals surface area contributed by atoms with Crippen LogP contribution in [0.1, 0.15) is 19.8 Å². The fourth-order valence-electron chi connectivity index (χ4n) is 0.796. The van der Waals surface area contributed by atoms with Gasteiger partial charge in [0.25, 0.3) is 0 Å². The first-order chi connectivity index (χ1) is 3.93. The number of nitrogens with zero attached hydrogens (tertiary/aromatic N) is 1. The Bertz CT molecular complexity index is 98.7. The molecule has 0 unspecified atom stereocenters. The molecule has 0 saturated carbocycles. The van der Waals surface area contributed by atoms with Crippen molar-refractivity contribution in [2.75, 3.05) is 12.3 Å². The molecule has 0 amide bonds. The van der Waals surface area contributed by atoms with E-state index in [-0.39, 0.29) is 0 Å². The fraction of sp³-hybridized carbons (Fsp3) is 0.833. The Balaban J connectivity index is 2.23. The summed E-state index contributed by atoms with van der Waals surface area (Å²) in [5.41, 5.74) is 0. The molecule has 2 heteroatoms. The third kappa shape index (κ3) is 1.51. The molecule has 0 saturated heterocycles. The first kappa shape index (κ1) is 6.14. The summed E-state index contributed by atoms with van der Waals surface area (Å²) in [4.78, 5) is 0. The zero-order chi connectivity index (χ0) is 5.82. The first-order valence-corrected chi connectivity index (χ1v) is 4.10. The predicted octanol–water partition coefficient (Wildman–Crippen LogP) is 1.53. The van der Waals surface area contributed by atoms with Gasteiger partial charge in [0.15, 0.2) is 24.7 Å². The van der Waals surface area contributed by atoms with Gasteiger partial charge in [-0.15, -0.1) is 0 Å². The van der Waals surface area contributed by atoms with Gasteiger partial charge < -0.3 is 0 Å². The maximum Gasteiger partial charge on any atom is 0.158 e. The standard InChI is InChI=1S/C6H12NS/c1-2-4-7-5-3-6-8-7/h5H,2-4,6H2,1H3/q+1. The molecule has 0 spiro atoms. The van der Waals surface area contributed by atoms with Crippen LogP contribution in [0.3, 0.4) is 0 Å². The number of rotatable bonds is 2. The van der Waals surface area contributed by atoms with Crippen molar-refractivity contribution in [3.8, 4) is 0 Å². The fourth-order valence-corrected chi connectivity index (χ4v) is 1.76. The maximum absolute atomic E-state index is 2.33. The third-order valence-corrected chi connectivity index (χ3v) is 2.23. The van der Waals surface area contributed by atoms with Crippen LogP contribution in [0.4, 0.5) is 0 Å². The van der Waals surface area contributed by atoms with Gasteiger partial charge in [-0.05, 0) is 0 Å². The summed E-state index contributed by atoms with van der Waals surface area (Å²) in [5, 5.41) is 0. The Labute approximate surface area is 54.9 Å². The monoisotopic (exact) mass is 130 g/mol. The van der Waals surface area contributed by atoms with E-state index in [4.69, 9.17) is 0 Å². The minimum atomic E-state index is 1.23. The molecule has 1 aliphatic heterocycles. The highest BCUT2D eigenvalue weighted by atomic mass is 32.2. The van der Waals surface area contributed by atoms with Crippen LogP contribution in [0.5, 0.6) is 0 Å². The molecule has 0 aromatic heterocycles. The Hall–Kier alpha value is 0.0200. The van der Waals surface area contributed by atoms with Gasteiger partial charge in [0.1, 0.15) is 0 Å². The van der Waals surface area contributed by atoms with E-state index in [1.807, 2.05) is 11.9 Å². The summed E-state index contributed by atoms with van der Waals surface area (Å²) in [5.74, 6) is 1.29. The van der Waals surface area contributed by atoms with E-state index in [2.05, 4.69) is 17.1 Å². The van der Waals surface area contributed by atoms with E-state index in [9.17, 15) is 0 Å². The number of hydrogen-bond acceptors (Lipinski definition) is 1. The molecule has 1 nitrogen and oxygen atoms in total. The SMILES string of the molecule is CCC[N+]1=CCCS1. The van der Waals surface area contributed by atoms with Crippen molar-refractivity contribution in [3.05, 3.63) is 0 Å². The molecule has 0 aromatic carbocycles. The molecular formula is C6H12NS+. The van der Waals surface area contributed by atoms with E-state index in [1.165, 1.54) is 25.1 Å². The summed E-state index contributed by atoms with van der Waals surface area (Å²) in [6.07, 6.45) is 4.82. The Morgan fingerprint density at radius 3 is 3.12 bits per heavy atom. The highest BCUT2D eigenvalue weighted by Gasteiger charge is 2.10. The minimum absolute atomic E-state index is 1.23. The molecule has 1 rings (SSSR count). The smallest absolute Gasteiger partial charge is 0.158 e. The van der Waals surface area contributed by atoms with Crippen molar-refractivity contribution >= 4 is 18.2 Å². The highest BCUT2D eigenvalue weighted by molar-refractivity contribution is 7.93. The van der Waals surface area contributed by atoms with Crippen LogP contribution in [0.15, 0.2) is 0 Å². The summed E-state index contributed by atoms with van der Waals surface area (Å²) >= 11 is 1.94. The van der Waals surface area contributed by atoms with Gasteiger partial charge in [0, 0.05) is 12.8 Å². The maximum atomic E-state index is 2.33. The van der Waals surface area contributed by atoms with Crippen molar-refractivity contribution in [2.45, 2.75) is 19.8 Å². The van der Waals surface area contributed by atoms with Gasteiger partial charge in [-0.3, -0.25) is 0 Å². The van der Waals surface area contributed by atoms with E-state index in [0.29, 0.717) is 0 Å². The molecule has 0 N–H and O–H groups in total. The van der Waals surface area contributed by atoms with E-state index < -0.39 is 0 Å². The predicted molar refractivity (Wildman–Crippen MR) is 38.6 cm³/mol. The number of hydrogen-bond donors (Lipinski definition) is 0. The second-order valence-corrected chi connectivity index (χ2v) is 3.08. The van der Waals surface area contributed by atoms with Gasteiger partial charge in [0.05, 0.1) is 5.75 Å². The van der Waals surface area contributed by atoms with Crippen molar-refractivity contribution < 1.29 is 3.98 Å². The van der Waals surface area contributed by atoms with Crippen molar-refractivity contribution in [3.63, 3.8) is 0 Å². The molecule has 0 atom stereocenters. The Morgan fingerprint density at radius 2 is 2.62 bits per heavy atom. The van der Waals surface area contributed by atoms with E-state index in [1.54, 1.807) is 0 Å². The van der Waals surface area contributed by atoms with Crippen LogP contribution in [-0.4, -0.2) is 22.5 Å². The molecule has 8 heavy (non-hydrogen) atoms. The molecule has 0 aromatic rings. The van der Waals surface area contributed by atoms with Crippen LogP contribution in [0.25, 0.3) is 0 Å². The second-order valence-electron chi connectivity index (χ2n) is 1.95. The van der Waals surface area contributed by atoms with Crippen molar-refractivity contribution in [1.82, 2.24) is 0 Å². The first-order valence-electron chi connectivity index (χ1n) is 3.16. The second kappa shape index (κ2) is 3.13. The molecular weight excluding hydrogens is 118 g/mol. The zero-order valence-electron chi connectivity index (χ0n) is 5.26. The highest BCUT2D eigenvalue weighted by Crippen LogP contribution is 2.09. The Morgan fingerprint density at radius 1 is 1.75 bits per heavy atom. The van der Waals surface area contributed by atoms with Gasteiger partial charge in [-0.25, -0.2) is 0 Å². The van der Waals surface area contributed by atoms with Crippen molar-refractivity contribution in [1.29, 1.82) is 0 Å². The summed E-state index contributed by atoms with van der Waals surface area (Å²) in [6, 6.07) is 0. The summed E-state index contributed by atoms with van der Waals surface area (Å²) in [7, 11) is 0. The van der Waals surface area contributed by atoms with Crippen LogP contribution in [-0.2, 0) is 0 Å². The lowest BCUT2D eigenvalue weighted by molar-refractivity contribution is -0.339. The Kier molecular flexibility index (Phi) is 2.40. The normalized spacial score (nSPS) is 18.9. The zero-order valence-corrected chi connectivity index (χ0v) is 6.08. The van der Waals surface area contributed by atoms with Crippen molar-refractivity contribution in [2.24, 2.45) is 0 Å². The lowest BCUT2D eigenvalue weighted by Gasteiger charge is -1.87. The van der Waals surface area contributed by atoms with E-state index >= 15 is 0 Å². The molecule has 0 radical (unpaired) electrons. The van der Waals surface area contributed by atoms with Crippen LogP contribution in [0.2, 0.25) is 0 Å². The topological polar surface area (TPSA) is 3.01 Å². The third-order valence-electron chi connectivity index (χ3n) is 1.15. The average Bonchev–Trinajstić information content (AvgIpc) is 2.19. The average molecular weight is 130 g/mol. The molecule has 0 bridgehead atoms. The molecule has 1 aliphatic rings.